The van der Waals surface area contributed by atoms with E-state index in [0.717, 1.165) is 29.5 Å². The Morgan fingerprint density at radius 1 is 1.38 bits per heavy atom. The second-order valence-electron chi connectivity index (χ2n) is 5.87. The Kier molecular flexibility index (Phi) is 5.95. The van der Waals surface area contributed by atoms with Gasteiger partial charge in [-0.2, -0.15) is 0 Å². The summed E-state index contributed by atoms with van der Waals surface area (Å²) >= 11 is 1.31. The molecule has 7 nitrogen and oxygen atoms in total. The number of anilines is 1. The molecule has 0 radical (unpaired) electrons. The van der Waals surface area contributed by atoms with Gasteiger partial charge in [-0.1, -0.05) is 0 Å². The molecule has 26 heavy (non-hydrogen) atoms. The van der Waals surface area contributed by atoms with Crippen LogP contribution >= 0.6 is 11.3 Å². The number of hydrogen-bond acceptors (Lipinski definition) is 6. The molecule has 0 saturated carbocycles. The third-order valence-corrected chi connectivity index (χ3v) is 5.21. The molecule has 1 aromatic carbocycles. The molecule has 1 saturated heterocycles. The van der Waals surface area contributed by atoms with Gasteiger partial charge in [0.1, 0.15) is 0 Å². The van der Waals surface area contributed by atoms with Crippen molar-refractivity contribution in [2.75, 3.05) is 32.2 Å². The fraction of sp³-hybridized carbons (Fsp3) is 0.444. The quantitative estimate of drug-likeness (QED) is 0.753. The van der Waals surface area contributed by atoms with Crippen LogP contribution in [0, 0.1) is 0 Å². The number of esters is 1. The van der Waals surface area contributed by atoms with E-state index >= 15 is 0 Å². The van der Waals surface area contributed by atoms with Crippen LogP contribution < -0.4 is 15.4 Å². The number of ether oxygens (including phenoxy) is 3. The van der Waals surface area contributed by atoms with Gasteiger partial charge in [-0.25, -0.2) is 9.59 Å². The van der Waals surface area contributed by atoms with Gasteiger partial charge in [-0.05, 0) is 38.0 Å². The highest BCUT2D eigenvalue weighted by Gasteiger charge is 2.21. The lowest BCUT2D eigenvalue weighted by molar-refractivity contribution is 0.0602. The summed E-state index contributed by atoms with van der Waals surface area (Å²) in [6, 6.07) is 5.15. The Morgan fingerprint density at radius 3 is 2.92 bits per heavy atom. The highest BCUT2D eigenvalue weighted by molar-refractivity contribution is 7.21. The Labute approximate surface area is 155 Å². The number of nitrogens with one attached hydrogen (secondary N) is 2. The number of carbonyl (C=O) groups is 2. The van der Waals surface area contributed by atoms with E-state index in [1.54, 1.807) is 12.1 Å². The molecule has 2 heterocycles. The Hall–Kier alpha value is -2.32. The zero-order valence-corrected chi connectivity index (χ0v) is 15.6. The van der Waals surface area contributed by atoms with Crippen molar-refractivity contribution < 1.29 is 23.8 Å². The number of rotatable bonds is 6. The van der Waals surface area contributed by atoms with E-state index in [2.05, 4.69) is 10.6 Å². The van der Waals surface area contributed by atoms with Gasteiger partial charge in [0.05, 0.1) is 19.8 Å². The lowest BCUT2D eigenvalue weighted by Crippen LogP contribution is -2.34. The summed E-state index contributed by atoms with van der Waals surface area (Å²) in [5.41, 5.74) is 0.623. The third kappa shape index (κ3) is 4.08. The first kappa shape index (κ1) is 18.5. The van der Waals surface area contributed by atoms with Crippen LogP contribution in [0.4, 0.5) is 10.5 Å². The third-order valence-electron chi connectivity index (χ3n) is 4.07. The highest BCUT2D eigenvalue weighted by Crippen LogP contribution is 2.39. The smallest absolute Gasteiger partial charge is 0.351 e. The lowest BCUT2D eigenvalue weighted by atomic mass is 10.2. The zero-order chi connectivity index (χ0) is 18.5. The monoisotopic (exact) mass is 378 g/mol. The topological polar surface area (TPSA) is 85.9 Å². The van der Waals surface area contributed by atoms with E-state index in [1.165, 1.54) is 18.4 Å². The number of benzene rings is 1. The summed E-state index contributed by atoms with van der Waals surface area (Å²) in [5, 5.41) is 6.40. The average Bonchev–Trinajstić information content (AvgIpc) is 3.28. The molecule has 1 aromatic heterocycles. The van der Waals surface area contributed by atoms with Crippen LogP contribution in [0.2, 0.25) is 0 Å². The van der Waals surface area contributed by atoms with Gasteiger partial charge in [0, 0.05) is 28.9 Å². The lowest BCUT2D eigenvalue weighted by Gasteiger charge is -2.12. The van der Waals surface area contributed by atoms with Crippen LogP contribution in [-0.2, 0) is 9.47 Å². The van der Waals surface area contributed by atoms with Gasteiger partial charge < -0.3 is 24.8 Å². The Balaban J connectivity index is 1.75. The number of thiophene rings is 1. The maximum absolute atomic E-state index is 12.1. The second-order valence-corrected chi connectivity index (χ2v) is 6.92. The predicted octanol–water partition coefficient (Wildman–Crippen LogP) is 3.39. The minimum atomic E-state index is -0.432. The Morgan fingerprint density at radius 2 is 2.23 bits per heavy atom. The van der Waals surface area contributed by atoms with Crippen LogP contribution in [0.3, 0.4) is 0 Å². The molecule has 0 bridgehead atoms. The predicted molar refractivity (Wildman–Crippen MR) is 100 cm³/mol. The van der Waals surface area contributed by atoms with Crippen LogP contribution in [0.15, 0.2) is 18.2 Å². The molecule has 0 unspecified atom stereocenters. The first-order valence-electron chi connectivity index (χ1n) is 8.56. The molecular formula is C18H22N2O5S. The molecule has 3 rings (SSSR count). The van der Waals surface area contributed by atoms with Crippen molar-refractivity contribution in [3.8, 4) is 5.75 Å². The number of methoxy groups -OCH3 is 1. The molecule has 2 amide bonds. The fourth-order valence-corrected chi connectivity index (χ4v) is 3.90. The molecule has 140 valence electrons. The fourth-order valence-electron chi connectivity index (χ4n) is 2.85. The van der Waals surface area contributed by atoms with E-state index in [9.17, 15) is 9.59 Å². The summed E-state index contributed by atoms with van der Waals surface area (Å²) in [4.78, 5) is 24.5. The van der Waals surface area contributed by atoms with Gasteiger partial charge in [0.15, 0.2) is 10.6 Å². The SMILES string of the molecule is CCOc1c(C(=O)OC)sc2ccc(NC(=O)NC[C@H]3CCCO3)cc12. The number of fused-ring (bicyclic) bond motifs is 1. The first-order chi connectivity index (χ1) is 12.6. The summed E-state index contributed by atoms with van der Waals surface area (Å²) in [6.07, 6.45) is 2.09. The van der Waals surface area contributed by atoms with Gasteiger partial charge >= 0.3 is 12.0 Å². The van der Waals surface area contributed by atoms with Crippen molar-refractivity contribution in [1.29, 1.82) is 0 Å². The summed E-state index contributed by atoms with van der Waals surface area (Å²) in [5.74, 6) is 0.0567. The number of hydrogen-bond donors (Lipinski definition) is 2. The van der Waals surface area contributed by atoms with E-state index in [0.29, 0.717) is 29.5 Å². The van der Waals surface area contributed by atoms with Gasteiger partial charge in [0.2, 0.25) is 0 Å². The standard InChI is InChI=1S/C18H22N2O5S/c1-3-24-15-13-9-11(6-7-14(13)26-16(15)17(21)23-2)20-18(22)19-10-12-5-4-8-25-12/h6-7,9,12H,3-5,8,10H2,1-2H3,(H2,19,20,22)/t12-/m1/s1. The maximum Gasteiger partial charge on any atom is 0.351 e. The molecular weight excluding hydrogens is 356 g/mol. The van der Waals surface area contributed by atoms with Crippen molar-refractivity contribution in [3.05, 3.63) is 23.1 Å². The molecule has 0 spiro atoms. The molecule has 1 atom stereocenters. The van der Waals surface area contributed by atoms with E-state index in [1.807, 2.05) is 13.0 Å². The number of amides is 2. The van der Waals surface area contributed by atoms with Crippen molar-refractivity contribution in [2.45, 2.75) is 25.9 Å². The maximum atomic E-state index is 12.1. The average molecular weight is 378 g/mol. The normalized spacial score (nSPS) is 16.5. The molecule has 8 heteroatoms. The molecule has 1 aliphatic rings. The van der Waals surface area contributed by atoms with Crippen LogP contribution in [-0.4, -0.2) is 45.0 Å². The van der Waals surface area contributed by atoms with Crippen LogP contribution in [0.25, 0.3) is 10.1 Å². The largest absolute Gasteiger partial charge is 0.491 e. The summed E-state index contributed by atoms with van der Waals surface area (Å²) < 4.78 is 16.9. The van der Waals surface area contributed by atoms with Crippen molar-refractivity contribution in [2.24, 2.45) is 0 Å². The molecule has 0 aliphatic carbocycles. The molecule has 1 fully saturated rings. The molecule has 2 N–H and O–H groups in total. The number of carbonyl (C=O) groups excluding carboxylic acids is 2. The van der Waals surface area contributed by atoms with Crippen molar-refractivity contribution in [3.63, 3.8) is 0 Å². The first-order valence-corrected chi connectivity index (χ1v) is 9.38. The van der Waals surface area contributed by atoms with Crippen molar-refractivity contribution >= 4 is 39.1 Å². The zero-order valence-electron chi connectivity index (χ0n) is 14.8. The summed E-state index contributed by atoms with van der Waals surface area (Å²) in [6.45, 7) is 3.52. The van der Waals surface area contributed by atoms with E-state index < -0.39 is 5.97 Å². The van der Waals surface area contributed by atoms with Crippen molar-refractivity contribution in [1.82, 2.24) is 5.32 Å². The van der Waals surface area contributed by atoms with Crippen LogP contribution in [0.5, 0.6) is 5.75 Å². The minimum absolute atomic E-state index is 0.0901. The van der Waals surface area contributed by atoms with E-state index in [-0.39, 0.29) is 12.1 Å². The molecule has 1 aliphatic heterocycles. The van der Waals surface area contributed by atoms with E-state index in [4.69, 9.17) is 14.2 Å². The van der Waals surface area contributed by atoms with Gasteiger partial charge in [-0.15, -0.1) is 11.3 Å². The highest BCUT2D eigenvalue weighted by atomic mass is 32.1. The number of urea groups is 1. The Bertz CT molecular complexity index is 798. The minimum Gasteiger partial charge on any atom is -0.491 e. The molecule has 2 aromatic rings. The van der Waals surface area contributed by atoms with Gasteiger partial charge in [0.25, 0.3) is 0 Å². The second kappa shape index (κ2) is 8.37. The summed E-state index contributed by atoms with van der Waals surface area (Å²) in [7, 11) is 1.34. The van der Waals surface area contributed by atoms with Gasteiger partial charge in [-0.3, -0.25) is 0 Å². The van der Waals surface area contributed by atoms with Crippen LogP contribution in [0.1, 0.15) is 29.4 Å².